The van der Waals surface area contributed by atoms with Crippen LogP contribution in [-0.4, -0.2) is 25.2 Å². The summed E-state index contributed by atoms with van der Waals surface area (Å²) in [6, 6.07) is 7.05. The van der Waals surface area contributed by atoms with E-state index in [4.69, 9.17) is 4.74 Å². The van der Waals surface area contributed by atoms with E-state index >= 15 is 0 Å². The number of hydrogen-bond donors (Lipinski definition) is 1. The van der Waals surface area contributed by atoms with Gasteiger partial charge in [0, 0.05) is 31.3 Å². The van der Waals surface area contributed by atoms with Crippen LogP contribution in [0, 0.1) is 12.7 Å². The first-order chi connectivity index (χ1) is 8.72. The van der Waals surface area contributed by atoms with Crippen LogP contribution >= 0.6 is 0 Å². The number of nitrogens with zero attached hydrogens (tertiary/aromatic N) is 1. The Morgan fingerprint density at radius 2 is 2.22 bits per heavy atom. The molecule has 0 aliphatic rings. The summed E-state index contributed by atoms with van der Waals surface area (Å²) in [4.78, 5) is 4.25. The molecule has 4 heteroatoms. The van der Waals surface area contributed by atoms with Crippen molar-refractivity contribution in [3.8, 4) is 0 Å². The summed E-state index contributed by atoms with van der Waals surface area (Å²) in [5, 5.41) is 4.13. The molecule has 1 aromatic heterocycles. The topological polar surface area (TPSA) is 34.1 Å². The molecule has 1 aromatic carbocycles. The van der Waals surface area contributed by atoms with Crippen LogP contribution in [0.4, 0.5) is 4.39 Å². The monoisotopic (exact) mass is 248 g/mol. The van der Waals surface area contributed by atoms with E-state index in [0.717, 1.165) is 23.2 Å². The van der Waals surface area contributed by atoms with Crippen molar-refractivity contribution in [1.82, 2.24) is 10.3 Å². The Hall–Kier alpha value is -1.52. The third kappa shape index (κ3) is 2.83. The first-order valence-corrected chi connectivity index (χ1v) is 5.97. The fraction of sp³-hybridized carbons (Fsp3) is 0.357. The van der Waals surface area contributed by atoms with Gasteiger partial charge in [-0.05, 0) is 24.6 Å². The number of pyridine rings is 1. The van der Waals surface area contributed by atoms with E-state index in [1.165, 1.54) is 6.07 Å². The van der Waals surface area contributed by atoms with Gasteiger partial charge in [0.05, 0.1) is 6.61 Å². The summed E-state index contributed by atoms with van der Waals surface area (Å²) in [6.07, 6.45) is 0. The van der Waals surface area contributed by atoms with Crippen LogP contribution < -0.4 is 5.32 Å². The third-order valence-corrected chi connectivity index (χ3v) is 2.80. The molecule has 0 aliphatic heterocycles. The van der Waals surface area contributed by atoms with Gasteiger partial charge in [0.25, 0.3) is 0 Å². The number of ether oxygens (including phenoxy) is 1. The molecule has 1 N–H and O–H groups in total. The van der Waals surface area contributed by atoms with Gasteiger partial charge in [-0.25, -0.2) is 4.39 Å². The third-order valence-electron chi connectivity index (χ3n) is 2.80. The fourth-order valence-electron chi connectivity index (χ4n) is 1.97. The average molecular weight is 248 g/mol. The number of hydrogen-bond acceptors (Lipinski definition) is 3. The summed E-state index contributed by atoms with van der Waals surface area (Å²) in [5.74, 6) is -0.269. The minimum atomic E-state index is -0.269. The van der Waals surface area contributed by atoms with Crippen LogP contribution in [0.2, 0.25) is 0 Å². The molecule has 0 fully saturated rings. The summed E-state index contributed by atoms with van der Waals surface area (Å²) in [7, 11) is 1.67. The first kappa shape index (κ1) is 12.9. The Kier molecular flexibility index (Phi) is 4.23. The summed E-state index contributed by atoms with van der Waals surface area (Å²) >= 11 is 0. The second kappa shape index (κ2) is 5.89. The van der Waals surface area contributed by atoms with Crippen LogP contribution in [0.1, 0.15) is 11.3 Å². The van der Waals surface area contributed by atoms with Crippen molar-refractivity contribution in [2.24, 2.45) is 0 Å². The lowest BCUT2D eigenvalue weighted by atomic mass is 10.1. The fourth-order valence-corrected chi connectivity index (χ4v) is 1.97. The van der Waals surface area contributed by atoms with Gasteiger partial charge in [0.2, 0.25) is 0 Å². The number of aromatic nitrogens is 1. The smallest absolute Gasteiger partial charge is 0.149 e. The zero-order valence-corrected chi connectivity index (χ0v) is 10.7. The predicted molar refractivity (Wildman–Crippen MR) is 70.0 cm³/mol. The van der Waals surface area contributed by atoms with Crippen LogP contribution in [0.3, 0.4) is 0 Å². The van der Waals surface area contributed by atoms with Crippen molar-refractivity contribution in [3.05, 3.63) is 41.3 Å². The highest BCUT2D eigenvalue weighted by atomic mass is 19.1. The number of rotatable bonds is 5. The van der Waals surface area contributed by atoms with Crippen molar-refractivity contribution < 1.29 is 9.13 Å². The Labute approximate surface area is 106 Å². The molecule has 2 rings (SSSR count). The molecular weight excluding hydrogens is 231 g/mol. The molecule has 0 atom stereocenters. The molecule has 0 unspecified atom stereocenters. The maximum atomic E-state index is 13.7. The lowest BCUT2D eigenvalue weighted by Crippen LogP contribution is -2.18. The molecule has 2 aromatic rings. The first-order valence-electron chi connectivity index (χ1n) is 5.97. The van der Waals surface area contributed by atoms with Gasteiger partial charge in [-0.1, -0.05) is 12.1 Å². The highest BCUT2D eigenvalue weighted by Crippen LogP contribution is 2.20. The van der Waals surface area contributed by atoms with E-state index in [1.807, 2.05) is 19.1 Å². The number of nitrogens with one attached hydrogen (secondary N) is 1. The lowest BCUT2D eigenvalue weighted by molar-refractivity contribution is 0.199. The van der Waals surface area contributed by atoms with E-state index in [-0.39, 0.29) is 5.82 Å². The van der Waals surface area contributed by atoms with Crippen molar-refractivity contribution in [2.45, 2.75) is 13.5 Å². The maximum Gasteiger partial charge on any atom is 0.149 e. The largest absolute Gasteiger partial charge is 0.383 e. The van der Waals surface area contributed by atoms with E-state index in [0.29, 0.717) is 18.7 Å². The van der Waals surface area contributed by atoms with Gasteiger partial charge >= 0.3 is 0 Å². The molecule has 0 saturated carbocycles. The number of aryl methyl sites for hydroxylation is 1. The van der Waals surface area contributed by atoms with Gasteiger partial charge in [0.1, 0.15) is 11.3 Å². The molecular formula is C14H17FN2O. The second-order valence-corrected chi connectivity index (χ2v) is 4.23. The molecule has 0 aliphatic carbocycles. The molecule has 0 amide bonds. The predicted octanol–water partition coefficient (Wildman–Crippen LogP) is 2.42. The quantitative estimate of drug-likeness (QED) is 0.825. The van der Waals surface area contributed by atoms with Gasteiger partial charge < -0.3 is 10.1 Å². The van der Waals surface area contributed by atoms with Crippen LogP contribution in [0.15, 0.2) is 24.3 Å². The Bertz CT molecular complexity index is 543. The Morgan fingerprint density at radius 1 is 1.39 bits per heavy atom. The lowest BCUT2D eigenvalue weighted by Gasteiger charge is -2.09. The second-order valence-electron chi connectivity index (χ2n) is 4.23. The van der Waals surface area contributed by atoms with Crippen molar-refractivity contribution in [1.29, 1.82) is 0 Å². The Morgan fingerprint density at radius 3 is 3.00 bits per heavy atom. The zero-order valence-electron chi connectivity index (χ0n) is 10.7. The van der Waals surface area contributed by atoms with Gasteiger partial charge in [-0.15, -0.1) is 0 Å². The van der Waals surface area contributed by atoms with E-state index in [2.05, 4.69) is 10.3 Å². The highest BCUT2D eigenvalue weighted by Gasteiger charge is 2.07. The van der Waals surface area contributed by atoms with Crippen molar-refractivity contribution in [3.63, 3.8) is 0 Å². The molecule has 0 saturated heterocycles. The molecule has 0 spiro atoms. The van der Waals surface area contributed by atoms with E-state index < -0.39 is 0 Å². The van der Waals surface area contributed by atoms with Gasteiger partial charge in [-0.2, -0.15) is 0 Å². The summed E-state index contributed by atoms with van der Waals surface area (Å²) < 4.78 is 18.7. The van der Waals surface area contributed by atoms with Gasteiger partial charge in [-0.3, -0.25) is 4.98 Å². The number of fused-ring (bicyclic) bond motifs is 1. The minimum absolute atomic E-state index is 0.269. The molecule has 18 heavy (non-hydrogen) atoms. The average Bonchev–Trinajstić information content (AvgIpc) is 2.36. The number of halogens is 1. The minimum Gasteiger partial charge on any atom is -0.383 e. The molecule has 0 bridgehead atoms. The zero-order chi connectivity index (χ0) is 13.0. The maximum absolute atomic E-state index is 13.7. The summed E-state index contributed by atoms with van der Waals surface area (Å²) in [6.45, 7) is 4.00. The van der Waals surface area contributed by atoms with Crippen molar-refractivity contribution in [2.75, 3.05) is 20.3 Å². The standard InChI is InChI=1S/C14H17FN2O/c1-10-8-11(9-16-6-7-18-2)12-4-3-5-13(15)14(12)17-10/h3-5,8,16H,6-7,9H2,1-2H3. The summed E-state index contributed by atoms with van der Waals surface area (Å²) in [5.41, 5.74) is 2.34. The van der Waals surface area contributed by atoms with E-state index in [9.17, 15) is 4.39 Å². The normalized spacial score (nSPS) is 11.1. The molecule has 0 radical (unpaired) electrons. The Balaban J connectivity index is 2.29. The highest BCUT2D eigenvalue weighted by molar-refractivity contribution is 5.82. The number of para-hydroxylation sites is 1. The SMILES string of the molecule is COCCNCc1cc(C)nc2c(F)cccc12. The van der Waals surface area contributed by atoms with Crippen molar-refractivity contribution >= 4 is 10.9 Å². The van der Waals surface area contributed by atoms with Crippen LogP contribution in [0.25, 0.3) is 10.9 Å². The van der Waals surface area contributed by atoms with Crippen LogP contribution in [0.5, 0.6) is 0 Å². The molecule has 3 nitrogen and oxygen atoms in total. The van der Waals surface area contributed by atoms with Gasteiger partial charge in [0.15, 0.2) is 0 Å². The number of benzene rings is 1. The number of methoxy groups -OCH3 is 1. The van der Waals surface area contributed by atoms with Crippen LogP contribution in [-0.2, 0) is 11.3 Å². The van der Waals surface area contributed by atoms with E-state index in [1.54, 1.807) is 13.2 Å². The molecule has 96 valence electrons. The molecule has 1 heterocycles.